The molecule has 2 fully saturated rings. The third-order valence-corrected chi connectivity index (χ3v) is 5.71. The molecule has 0 amide bonds. The molecule has 0 aromatic carbocycles. The first-order valence-electron chi connectivity index (χ1n) is 6.00. The fourth-order valence-corrected chi connectivity index (χ4v) is 4.51. The van der Waals surface area contributed by atoms with E-state index in [0.29, 0.717) is 11.5 Å². The molecule has 1 saturated heterocycles. The summed E-state index contributed by atoms with van der Waals surface area (Å²) >= 11 is 0. The maximum atomic E-state index is 11.3. The molecule has 2 aliphatic rings. The smallest absolute Gasteiger partial charge is 0.151 e. The maximum Gasteiger partial charge on any atom is 0.151 e. The van der Waals surface area contributed by atoms with E-state index in [1.54, 1.807) is 0 Å². The van der Waals surface area contributed by atoms with Gasteiger partial charge in [-0.15, -0.1) is 0 Å². The van der Waals surface area contributed by atoms with E-state index in [2.05, 4.69) is 12.2 Å². The van der Waals surface area contributed by atoms with Crippen LogP contribution in [0.4, 0.5) is 0 Å². The van der Waals surface area contributed by atoms with Crippen LogP contribution in [-0.4, -0.2) is 32.5 Å². The summed E-state index contributed by atoms with van der Waals surface area (Å²) in [5.74, 6) is 2.32. The summed E-state index contributed by atoms with van der Waals surface area (Å²) in [5.41, 5.74) is 0. The number of hydrogen-bond acceptors (Lipinski definition) is 3. The van der Waals surface area contributed by atoms with Crippen LogP contribution >= 0.6 is 0 Å². The van der Waals surface area contributed by atoms with Gasteiger partial charge in [0.1, 0.15) is 0 Å². The molecule has 15 heavy (non-hydrogen) atoms. The van der Waals surface area contributed by atoms with E-state index in [0.717, 1.165) is 24.8 Å². The van der Waals surface area contributed by atoms with Gasteiger partial charge < -0.3 is 5.32 Å². The Kier molecular flexibility index (Phi) is 3.36. The first-order chi connectivity index (χ1) is 7.07. The lowest BCUT2D eigenvalue weighted by atomic mass is 9.98. The Bertz CT molecular complexity index is 313. The first-order valence-corrected chi connectivity index (χ1v) is 7.83. The molecule has 88 valence electrons. The Balaban J connectivity index is 1.75. The Morgan fingerprint density at radius 3 is 2.60 bits per heavy atom. The highest BCUT2D eigenvalue weighted by Crippen LogP contribution is 2.30. The van der Waals surface area contributed by atoms with Crippen molar-refractivity contribution in [1.82, 2.24) is 5.32 Å². The summed E-state index contributed by atoms with van der Waals surface area (Å²) in [4.78, 5) is 0. The molecule has 3 atom stereocenters. The van der Waals surface area contributed by atoms with Crippen LogP contribution < -0.4 is 5.32 Å². The van der Waals surface area contributed by atoms with Crippen LogP contribution in [0.1, 0.15) is 32.6 Å². The highest BCUT2D eigenvalue weighted by atomic mass is 32.2. The van der Waals surface area contributed by atoms with Crippen molar-refractivity contribution in [3.05, 3.63) is 0 Å². The van der Waals surface area contributed by atoms with Crippen LogP contribution in [-0.2, 0) is 9.84 Å². The zero-order valence-corrected chi connectivity index (χ0v) is 10.2. The van der Waals surface area contributed by atoms with Crippen LogP contribution in [0.5, 0.6) is 0 Å². The van der Waals surface area contributed by atoms with E-state index < -0.39 is 9.84 Å². The molecule has 4 heteroatoms. The van der Waals surface area contributed by atoms with Crippen LogP contribution in [0.15, 0.2) is 0 Å². The maximum absolute atomic E-state index is 11.3. The van der Waals surface area contributed by atoms with Crippen molar-refractivity contribution < 1.29 is 8.42 Å². The summed E-state index contributed by atoms with van der Waals surface area (Å²) in [6.07, 6.45) is 4.81. The molecule has 1 aliphatic heterocycles. The average molecular weight is 231 g/mol. The number of sulfone groups is 1. The summed E-state index contributed by atoms with van der Waals surface area (Å²) in [6.45, 7) is 3.33. The lowest BCUT2D eigenvalue weighted by Crippen LogP contribution is -2.34. The SMILES string of the molecule is CC1CCCC1CNC1CCS(=O)(=O)C1. The third kappa shape index (κ3) is 2.94. The van der Waals surface area contributed by atoms with Gasteiger partial charge in [0.25, 0.3) is 0 Å². The number of rotatable bonds is 3. The summed E-state index contributed by atoms with van der Waals surface area (Å²) in [7, 11) is -2.72. The van der Waals surface area contributed by atoms with Gasteiger partial charge in [-0.25, -0.2) is 8.42 Å². The molecular formula is C11H21NO2S. The zero-order chi connectivity index (χ0) is 10.9. The minimum Gasteiger partial charge on any atom is -0.313 e. The lowest BCUT2D eigenvalue weighted by Gasteiger charge is -2.18. The predicted molar refractivity (Wildman–Crippen MR) is 61.6 cm³/mol. The van der Waals surface area contributed by atoms with Crippen LogP contribution in [0.3, 0.4) is 0 Å². The van der Waals surface area contributed by atoms with E-state index in [4.69, 9.17) is 0 Å². The van der Waals surface area contributed by atoms with Crippen molar-refractivity contribution in [3.63, 3.8) is 0 Å². The monoisotopic (exact) mass is 231 g/mol. The molecule has 0 aromatic heterocycles. The quantitative estimate of drug-likeness (QED) is 0.794. The predicted octanol–water partition coefficient (Wildman–Crippen LogP) is 1.20. The van der Waals surface area contributed by atoms with Crippen molar-refractivity contribution in [2.24, 2.45) is 11.8 Å². The Morgan fingerprint density at radius 1 is 1.27 bits per heavy atom. The zero-order valence-electron chi connectivity index (χ0n) is 9.41. The van der Waals surface area contributed by atoms with Gasteiger partial charge in [-0.1, -0.05) is 19.8 Å². The first kappa shape index (κ1) is 11.4. The van der Waals surface area contributed by atoms with Gasteiger partial charge in [0.15, 0.2) is 9.84 Å². The van der Waals surface area contributed by atoms with Gasteiger partial charge in [-0.2, -0.15) is 0 Å². The van der Waals surface area contributed by atoms with Crippen molar-refractivity contribution >= 4 is 9.84 Å². The minimum absolute atomic E-state index is 0.225. The van der Waals surface area contributed by atoms with Crippen molar-refractivity contribution in [3.8, 4) is 0 Å². The molecule has 1 aliphatic carbocycles. The van der Waals surface area contributed by atoms with E-state index in [9.17, 15) is 8.42 Å². The van der Waals surface area contributed by atoms with Gasteiger partial charge in [-0.05, 0) is 31.2 Å². The van der Waals surface area contributed by atoms with Crippen molar-refractivity contribution in [2.75, 3.05) is 18.1 Å². The summed E-state index contributed by atoms with van der Waals surface area (Å²) in [6, 6.07) is 0.225. The Labute approximate surface area is 92.6 Å². The largest absolute Gasteiger partial charge is 0.313 e. The van der Waals surface area contributed by atoms with Crippen molar-refractivity contribution in [1.29, 1.82) is 0 Å². The van der Waals surface area contributed by atoms with Crippen molar-refractivity contribution in [2.45, 2.75) is 38.6 Å². The molecule has 0 radical (unpaired) electrons. The van der Waals surface area contributed by atoms with Gasteiger partial charge in [0, 0.05) is 6.04 Å². The summed E-state index contributed by atoms with van der Waals surface area (Å²) in [5, 5.41) is 3.43. The van der Waals surface area contributed by atoms with Crippen LogP contribution in [0, 0.1) is 11.8 Å². The van der Waals surface area contributed by atoms with Crippen LogP contribution in [0.25, 0.3) is 0 Å². The third-order valence-electron chi connectivity index (χ3n) is 3.94. The van der Waals surface area contributed by atoms with Gasteiger partial charge in [0.2, 0.25) is 0 Å². The summed E-state index contributed by atoms with van der Waals surface area (Å²) < 4.78 is 22.5. The molecule has 3 unspecified atom stereocenters. The van der Waals surface area contributed by atoms with E-state index >= 15 is 0 Å². The number of hydrogen-bond donors (Lipinski definition) is 1. The van der Waals surface area contributed by atoms with E-state index in [-0.39, 0.29) is 6.04 Å². The topological polar surface area (TPSA) is 46.2 Å². The Hall–Kier alpha value is -0.0900. The van der Waals surface area contributed by atoms with Gasteiger partial charge in [0.05, 0.1) is 11.5 Å². The highest BCUT2D eigenvalue weighted by Gasteiger charge is 2.29. The molecule has 0 spiro atoms. The van der Waals surface area contributed by atoms with Gasteiger partial charge >= 0.3 is 0 Å². The lowest BCUT2D eigenvalue weighted by molar-refractivity contribution is 0.374. The minimum atomic E-state index is -2.72. The van der Waals surface area contributed by atoms with Crippen LogP contribution in [0.2, 0.25) is 0 Å². The molecule has 1 heterocycles. The van der Waals surface area contributed by atoms with E-state index in [1.807, 2.05) is 0 Å². The van der Waals surface area contributed by atoms with E-state index in [1.165, 1.54) is 19.3 Å². The molecule has 1 N–H and O–H groups in total. The molecule has 0 aromatic rings. The second-order valence-corrected chi connectivity index (χ2v) is 7.41. The average Bonchev–Trinajstić information content (AvgIpc) is 2.69. The second-order valence-electron chi connectivity index (χ2n) is 5.18. The molecular weight excluding hydrogens is 210 g/mol. The fourth-order valence-electron chi connectivity index (χ4n) is 2.80. The second kappa shape index (κ2) is 4.42. The fraction of sp³-hybridized carbons (Fsp3) is 1.00. The molecule has 0 bridgehead atoms. The molecule has 3 nitrogen and oxygen atoms in total. The Morgan fingerprint density at radius 2 is 2.07 bits per heavy atom. The standard InChI is InChI=1S/C11H21NO2S/c1-9-3-2-4-10(9)7-12-11-5-6-15(13,14)8-11/h9-12H,2-8H2,1H3. The highest BCUT2D eigenvalue weighted by molar-refractivity contribution is 7.91. The van der Waals surface area contributed by atoms with Gasteiger partial charge in [-0.3, -0.25) is 0 Å². The molecule has 2 rings (SSSR count). The molecule has 1 saturated carbocycles. The number of nitrogens with one attached hydrogen (secondary N) is 1. The normalized spacial score (nSPS) is 39.7.